The Balaban J connectivity index is 2.30. The number of anilines is 1. The lowest BCUT2D eigenvalue weighted by Gasteiger charge is -2.16. The second kappa shape index (κ2) is 5.71. The summed E-state index contributed by atoms with van der Waals surface area (Å²) in [5, 5.41) is 18.3. The van der Waals surface area contributed by atoms with Gasteiger partial charge in [0.25, 0.3) is 5.69 Å². The van der Waals surface area contributed by atoms with E-state index in [1.165, 1.54) is 5.56 Å². The van der Waals surface area contributed by atoms with Crippen molar-refractivity contribution in [3.8, 4) is 0 Å². The van der Waals surface area contributed by atoms with Gasteiger partial charge in [0.2, 0.25) is 0 Å². The molecule has 0 saturated heterocycles. The van der Waals surface area contributed by atoms with Gasteiger partial charge in [-0.15, -0.1) is 0 Å². The van der Waals surface area contributed by atoms with E-state index in [2.05, 4.69) is 26.6 Å². The molecule has 0 aliphatic rings. The average Bonchev–Trinajstić information content (AvgIpc) is 2.85. The van der Waals surface area contributed by atoms with Crippen molar-refractivity contribution in [2.24, 2.45) is 0 Å². The summed E-state index contributed by atoms with van der Waals surface area (Å²) >= 11 is 5.07. The fraction of sp³-hybridized carbons (Fsp3) is 0.231. The number of nitro benzene ring substituents is 1. The van der Waals surface area contributed by atoms with Crippen molar-refractivity contribution >= 4 is 38.6 Å². The molecule has 4 nitrogen and oxygen atoms in total. The smallest absolute Gasteiger partial charge is 0.274 e. The molecule has 2 rings (SSSR count). The highest BCUT2D eigenvalue weighted by molar-refractivity contribution is 9.10. The van der Waals surface area contributed by atoms with Crippen LogP contribution in [0.1, 0.15) is 24.1 Å². The predicted octanol–water partition coefficient (Wildman–Crippen LogP) is 4.90. The Morgan fingerprint density at radius 2 is 2.21 bits per heavy atom. The predicted molar refractivity (Wildman–Crippen MR) is 81.9 cm³/mol. The van der Waals surface area contributed by atoms with E-state index < -0.39 is 0 Å². The van der Waals surface area contributed by atoms with Gasteiger partial charge in [-0.25, -0.2) is 0 Å². The molecule has 19 heavy (non-hydrogen) atoms. The number of nitrogens with one attached hydrogen (secondary N) is 1. The fourth-order valence-electron chi connectivity index (χ4n) is 1.81. The largest absolute Gasteiger partial charge is 0.377 e. The minimum atomic E-state index is -0.359. The van der Waals surface area contributed by atoms with Gasteiger partial charge < -0.3 is 5.32 Å². The van der Waals surface area contributed by atoms with E-state index in [-0.39, 0.29) is 16.7 Å². The number of rotatable bonds is 4. The number of nitro groups is 1. The third kappa shape index (κ3) is 3.13. The molecule has 0 aliphatic heterocycles. The summed E-state index contributed by atoms with van der Waals surface area (Å²) in [6.45, 7) is 3.76. The number of aryl methyl sites for hydroxylation is 1. The molecule has 0 fully saturated rings. The number of nitrogens with zero attached hydrogens (tertiary/aromatic N) is 1. The lowest BCUT2D eigenvalue weighted by molar-refractivity contribution is -0.385. The highest BCUT2D eigenvalue weighted by Crippen LogP contribution is 2.33. The van der Waals surface area contributed by atoms with E-state index in [1.54, 1.807) is 30.4 Å². The normalized spacial score (nSPS) is 12.2. The number of halogens is 1. The molecule has 0 spiro atoms. The topological polar surface area (TPSA) is 55.2 Å². The van der Waals surface area contributed by atoms with Gasteiger partial charge in [0.1, 0.15) is 0 Å². The molecule has 0 amide bonds. The van der Waals surface area contributed by atoms with Crippen LogP contribution in [-0.2, 0) is 0 Å². The zero-order chi connectivity index (χ0) is 14.0. The summed E-state index contributed by atoms with van der Waals surface area (Å²) < 4.78 is 0.831. The third-order valence-corrected chi connectivity index (χ3v) is 4.26. The lowest BCUT2D eigenvalue weighted by Crippen LogP contribution is -2.06. The first-order valence-electron chi connectivity index (χ1n) is 5.72. The van der Waals surface area contributed by atoms with Crippen molar-refractivity contribution in [3.63, 3.8) is 0 Å². The maximum atomic E-state index is 11.0. The molecule has 1 atom stereocenters. The average molecular weight is 341 g/mol. The molecular formula is C13H13BrN2O2S. The van der Waals surface area contributed by atoms with Gasteiger partial charge in [0, 0.05) is 22.1 Å². The summed E-state index contributed by atoms with van der Waals surface area (Å²) in [6.07, 6.45) is 0. The number of hydrogen-bond donors (Lipinski definition) is 1. The first-order valence-corrected chi connectivity index (χ1v) is 7.46. The van der Waals surface area contributed by atoms with Crippen molar-refractivity contribution in [3.05, 3.63) is 54.7 Å². The Labute approximate surface area is 123 Å². The van der Waals surface area contributed by atoms with E-state index in [0.29, 0.717) is 5.56 Å². The molecule has 0 bridgehead atoms. The van der Waals surface area contributed by atoms with Gasteiger partial charge in [0.15, 0.2) is 0 Å². The standard InChI is InChI=1S/C13H13BrN2O2S/c1-8-5-11(14)12(6-13(8)16(17)18)15-9(2)10-3-4-19-7-10/h3-7,9,15H,1-2H3. The molecule has 2 aromatic rings. The summed E-state index contributed by atoms with van der Waals surface area (Å²) in [5.74, 6) is 0. The van der Waals surface area contributed by atoms with E-state index in [9.17, 15) is 10.1 Å². The number of benzene rings is 1. The van der Waals surface area contributed by atoms with Gasteiger partial charge in [-0.3, -0.25) is 10.1 Å². The number of hydrogen-bond acceptors (Lipinski definition) is 4. The summed E-state index contributed by atoms with van der Waals surface area (Å²) in [5.41, 5.74) is 2.67. The summed E-state index contributed by atoms with van der Waals surface area (Å²) in [6, 6.07) is 5.48. The van der Waals surface area contributed by atoms with E-state index >= 15 is 0 Å². The van der Waals surface area contributed by atoms with Crippen LogP contribution in [0.5, 0.6) is 0 Å². The maximum absolute atomic E-state index is 11.0. The van der Waals surface area contributed by atoms with Crippen LogP contribution in [0, 0.1) is 17.0 Å². The second-order valence-corrected chi connectivity index (χ2v) is 5.93. The van der Waals surface area contributed by atoms with Crippen LogP contribution in [0.2, 0.25) is 0 Å². The highest BCUT2D eigenvalue weighted by atomic mass is 79.9. The Morgan fingerprint density at radius 1 is 1.47 bits per heavy atom. The zero-order valence-electron chi connectivity index (χ0n) is 10.5. The molecule has 1 N–H and O–H groups in total. The summed E-state index contributed by atoms with van der Waals surface area (Å²) in [7, 11) is 0. The molecule has 1 heterocycles. The minimum Gasteiger partial charge on any atom is -0.377 e. The molecule has 0 aliphatic carbocycles. The van der Waals surface area contributed by atoms with Crippen LogP contribution in [0.25, 0.3) is 0 Å². The highest BCUT2D eigenvalue weighted by Gasteiger charge is 2.16. The molecule has 0 saturated carbocycles. The zero-order valence-corrected chi connectivity index (χ0v) is 12.9. The molecule has 100 valence electrons. The molecule has 1 aromatic carbocycles. The van der Waals surface area contributed by atoms with Gasteiger partial charge >= 0.3 is 0 Å². The maximum Gasteiger partial charge on any atom is 0.274 e. The first kappa shape index (κ1) is 14.0. The van der Waals surface area contributed by atoms with Crippen LogP contribution >= 0.6 is 27.3 Å². The Morgan fingerprint density at radius 3 is 2.79 bits per heavy atom. The molecule has 1 unspecified atom stereocenters. The lowest BCUT2D eigenvalue weighted by atomic mass is 10.1. The summed E-state index contributed by atoms with van der Waals surface area (Å²) in [4.78, 5) is 10.6. The third-order valence-electron chi connectivity index (χ3n) is 2.90. The van der Waals surface area contributed by atoms with Crippen LogP contribution in [0.15, 0.2) is 33.4 Å². The van der Waals surface area contributed by atoms with E-state index in [0.717, 1.165) is 10.2 Å². The Bertz CT molecular complexity index is 599. The second-order valence-electron chi connectivity index (χ2n) is 4.30. The van der Waals surface area contributed by atoms with E-state index in [4.69, 9.17) is 0 Å². The van der Waals surface area contributed by atoms with Crippen molar-refractivity contribution in [2.75, 3.05) is 5.32 Å². The van der Waals surface area contributed by atoms with Gasteiger partial charge in [-0.1, -0.05) is 0 Å². The molecule has 6 heteroatoms. The monoisotopic (exact) mass is 340 g/mol. The van der Waals surface area contributed by atoms with Crippen molar-refractivity contribution in [1.29, 1.82) is 0 Å². The van der Waals surface area contributed by atoms with Gasteiger partial charge in [-0.05, 0) is 58.2 Å². The van der Waals surface area contributed by atoms with Crippen LogP contribution in [0.4, 0.5) is 11.4 Å². The quantitative estimate of drug-likeness (QED) is 0.636. The van der Waals surface area contributed by atoms with Gasteiger partial charge in [0.05, 0.1) is 10.6 Å². The molecule has 0 radical (unpaired) electrons. The number of thiophene rings is 1. The van der Waals surface area contributed by atoms with Crippen LogP contribution in [0.3, 0.4) is 0 Å². The SMILES string of the molecule is Cc1cc(Br)c(NC(C)c2ccsc2)cc1[N+](=O)[O-]. The van der Waals surface area contributed by atoms with Crippen molar-refractivity contribution in [1.82, 2.24) is 0 Å². The van der Waals surface area contributed by atoms with Crippen molar-refractivity contribution < 1.29 is 4.92 Å². The minimum absolute atomic E-state index is 0.102. The first-order chi connectivity index (χ1) is 8.99. The Kier molecular flexibility index (Phi) is 4.21. The molecule has 1 aromatic heterocycles. The fourth-order valence-corrected chi connectivity index (χ4v) is 3.13. The van der Waals surface area contributed by atoms with Crippen molar-refractivity contribution in [2.45, 2.75) is 19.9 Å². The van der Waals surface area contributed by atoms with Gasteiger partial charge in [-0.2, -0.15) is 11.3 Å². The Hall–Kier alpha value is -1.40. The molecular weight excluding hydrogens is 328 g/mol. The van der Waals surface area contributed by atoms with Crippen LogP contribution in [-0.4, -0.2) is 4.92 Å². The van der Waals surface area contributed by atoms with E-state index in [1.807, 2.05) is 18.4 Å². The van der Waals surface area contributed by atoms with Crippen LogP contribution < -0.4 is 5.32 Å².